The molecular formula is C53H44N2. The third-order valence-electron chi connectivity index (χ3n) is 12.8. The van der Waals surface area contributed by atoms with E-state index in [9.17, 15) is 0 Å². The van der Waals surface area contributed by atoms with Gasteiger partial charge >= 0.3 is 0 Å². The number of nitrogens with zero attached hydrogens (tertiary/aromatic N) is 1. The van der Waals surface area contributed by atoms with Gasteiger partial charge in [-0.2, -0.15) is 0 Å². The standard InChI is InChI=1S/C53H44N2/c1-3-14-35(15-4-1)37-26-28-39(29-27-37)48-33-41(36-16-5-2-6-17-36)34-49(54-48)40-19-13-20-42(32-40)55-50-25-12-11-24-47(50)52-51-43-21-8-7-18-38(43)30-31-45(51)44-22-9-10-23-46(44)53(52)55/h1,3-5,7-14,16-26,28,30-35,49,51-52,54H,2,6,15,27,29H2. The van der Waals surface area contributed by atoms with Gasteiger partial charge in [-0.05, 0) is 112 Å². The third-order valence-corrected chi connectivity index (χ3v) is 12.8. The van der Waals surface area contributed by atoms with Crippen molar-refractivity contribution in [2.45, 2.75) is 50.0 Å². The lowest BCUT2D eigenvalue weighted by atomic mass is 9.69. The van der Waals surface area contributed by atoms with Gasteiger partial charge in [-0.15, -0.1) is 0 Å². The maximum absolute atomic E-state index is 4.03. The van der Waals surface area contributed by atoms with E-state index < -0.39 is 0 Å². The summed E-state index contributed by atoms with van der Waals surface area (Å²) in [4.78, 5) is 2.58. The summed E-state index contributed by atoms with van der Waals surface area (Å²) in [5.74, 6) is 0.989. The molecule has 4 aromatic rings. The largest absolute Gasteiger partial charge is 0.374 e. The van der Waals surface area contributed by atoms with Gasteiger partial charge < -0.3 is 10.2 Å². The lowest BCUT2D eigenvalue weighted by Gasteiger charge is -2.35. The average Bonchev–Trinajstić information content (AvgIpc) is 3.62. The quantitative estimate of drug-likeness (QED) is 0.222. The molecule has 7 aliphatic rings. The van der Waals surface area contributed by atoms with Gasteiger partial charge in [-0.25, -0.2) is 0 Å². The first-order chi connectivity index (χ1) is 27.3. The van der Waals surface area contributed by atoms with Crippen LogP contribution in [0.25, 0.3) is 17.3 Å². The van der Waals surface area contributed by atoms with E-state index in [1.807, 2.05) is 0 Å². The number of fused-ring (bicyclic) bond motifs is 8. The first-order valence-electron chi connectivity index (χ1n) is 20.2. The van der Waals surface area contributed by atoms with Crippen molar-refractivity contribution in [1.29, 1.82) is 0 Å². The first-order valence-corrected chi connectivity index (χ1v) is 20.2. The van der Waals surface area contributed by atoms with Crippen LogP contribution in [0.2, 0.25) is 0 Å². The van der Waals surface area contributed by atoms with Crippen LogP contribution in [-0.4, -0.2) is 0 Å². The molecule has 266 valence electrons. The minimum atomic E-state index is 0.0384. The first kappa shape index (κ1) is 32.3. The van der Waals surface area contributed by atoms with E-state index in [1.165, 1.54) is 77.8 Å². The van der Waals surface area contributed by atoms with Crippen molar-refractivity contribution >= 4 is 28.7 Å². The molecule has 2 heterocycles. The van der Waals surface area contributed by atoms with Gasteiger partial charge in [0.2, 0.25) is 0 Å². The van der Waals surface area contributed by atoms with Crippen molar-refractivity contribution in [3.8, 4) is 0 Å². The summed E-state index contributed by atoms with van der Waals surface area (Å²) >= 11 is 0. The maximum atomic E-state index is 4.03. The molecule has 0 saturated heterocycles. The van der Waals surface area contributed by atoms with Gasteiger partial charge in [0.15, 0.2) is 0 Å². The fraction of sp³-hybridized carbons (Fsp3) is 0.170. The molecule has 55 heavy (non-hydrogen) atoms. The zero-order valence-corrected chi connectivity index (χ0v) is 31.0. The molecule has 0 bridgehead atoms. The molecule has 4 atom stereocenters. The predicted octanol–water partition coefficient (Wildman–Crippen LogP) is 11.2. The van der Waals surface area contributed by atoms with Crippen LogP contribution >= 0.6 is 0 Å². The average molecular weight is 709 g/mol. The zero-order valence-electron chi connectivity index (χ0n) is 31.0. The molecule has 0 amide bonds. The molecule has 2 aliphatic heterocycles. The van der Waals surface area contributed by atoms with E-state index in [2.05, 4.69) is 186 Å². The minimum absolute atomic E-state index is 0.0384. The van der Waals surface area contributed by atoms with Crippen molar-refractivity contribution in [1.82, 2.24) is 5.32 Å². The highest BCUT2D eigenvalue weighted by atomic mass is 15.2. The molecule has 4 unspecified atom stereocenters. The summed E-state index contributed by atoms with van der Waals surface area (Å²) in [5, 5.41) is 6.71. The molecule has 0 spiro atoms. The van der Waals surface area contributed by atoms with E-state index in [1.54, 1.807) is 5.57 Å². The predicted molar refractivity (Wildman–Crippen MR) is 229 cm³/mol. The molecule has 0 saturated carbocycles. The zero-order chi connectivity index (χ0) is 36.3. The van der Waals surface area contributed by atoms with Crippen molar-refractivity contribution < 1.29 is 0 Å². The van der Waals surface area contributed by atoms with E-state index in [-0.39, 0.29) is 17.9 Å². The Bertz CT molecular complexity index is 2680. The number of hydrogen-bond acceptors (Lipinski definition) is 2. The second-order valence-corrected chi connectivity index (χ2v) is 15.8. The van der Waals surface area contributed by atoms with Gasteiger partial charge in [-0.1, -0.05) is 151 Å². The smallest absolute Gasteiger partial charge is 0.0707 e. The highest BCUT2D eigenvalue weighted by Gasteiger charge is 2.44. The highest BCUT2D eigenvalue weighted by Crippen LogP contribution is 2.58. The van der Waals surface area contributed by atoms with E-state index in [4.69, 9.17) is 0 Å². The summed E-state index contributed by atoms with van der Waals surface area (Å²) in [6.07, 6.45) is 35.9. The Morgan fingerprint density at radius 2 is 1.55 bits per heavy atom. The van der Waals surface area contributed by atoms with Crippen LogP contribution in [-0.2, 0) is 0 Å². The molecule has 4 aromatic carbocycles. The maximum Gasteiger partial charge on any atom is 0.0707 e. The molecule has 11 rings (SSSR count). The Morgan fingerprint density at radius 3 is 2.40 bits per heavy atom. The minimum Gasteiger partial charge on any atom is -0.374 e. The molecule has 5 aliphatic carbocycles. The number of dihydropyridines is 1. The number of para-hydroxylation sites is 1. The number of hydrogen-bond donors (Lipinski definition) is 1. The summed E-state index contributed by atoms with van der Waals surface area (Å²) < 4.78 is 0. The Balaban J connectivity index is 1.02. The molecule has 0 radical (unpaired) electrons. The fourth-order valence-corrected chi connectivity index (χ4v) is 10.2. The van der Waals surface area contributed by atoms with Gasteiger partial charge in [0, 0.05) is 45.7 Å². The molecule has 2 nitrogen and oxygen atoms in total. The topological polar surface area (TPSA) is 15.3 Å². The number of benzene rings is 4. The SMILES string of the molecule is C1=CCC(C2=CC=C(C3=CC(C4=CCCC=C4)=CC(c4cccc(N5C6=c7ccccc7=C7C=Cc8ccccc8C7C6c6ccccc65)c4)N3)CC2)C=C1. The normalized spacial score (nSPS) is 24.3. The van der Waals surface area contributed by atoms with Crippen LogP contribution in [0, 0.1) is 5.92 Å². The van der Waals surface area contributed by atoms with Gasteiger partial charge in [-0.3, -0.25) is 0 Å². The molecule has 2 heteroatoms. The number of rotatable bonds is 5. The summed E-state index contributed by atoms with van der Waals surface area (Å²) in [5.41, 5.74) is 17.6. The van der Waals surface area contributed by atoms with Gasteiger partial charge in [0.25, 0.3) is 0 Å². The van der Waals surface area contributed by atoms with Crippen molar-refractivity contribution in [3.05, 3.63) is 231 Å². The third kappa shape index (κ3) is 5.46. The highest BCUT2D eigenvalue weighted by molar-refractivity contribution is 5.96. The lowest BCUT2D eigenvalue weighted by Crippen LogP contribution is -2.40. The van der Waals surface area contributed by atoms with E-state index in [0.29, 0.717) is 5.92 Å². The number of anilines is 2. The van der Waals surface area contributed by atoms with Gasteiger partial charge in [0.05, 0.1) is 6.04 Å². The Labute approximate surface area is 324 Å². The van der Waals surface area contributed by atoms with Crippen molar-refractivity contribution in [2.24, 2.45) is 5.92 Å². The van der Waals surface area contributed by atoms with E-state index in [0.717, 1.165) is 32.1 Å². The number of nitrogens with one attached hydrogen (secondary N) is 1. The van der Waals surface area contributed by atoms with Gasteiger partial charge in [0.1, 0.15) is 0 Å². The fourth-order valence-electron chi connectivity index (χ4n) is 10.2. The monoisotopic (exact) mass is 708 g/mol. The Morgan fingerprint density at radius 1 is 0.673 bits per heavy atom. The molecule has 0 fully saturated rings. The Hall–Kier alpha value is -6.12. The van der Waals surface area contributed by atoms with Crippen LogP contribution in [0.4, 0.5) is 11.4 Å². The summed E-state index contributed by atoms with van der Waals surface area (Å²) in [6, 6.07) is 36.6. The number of allylic oxidation sites excluding steroid dienone is 15. The van der Waals surface area contributed by atoms with Crippen LogP contribution in [0.15, 0.2) is 198 Å². The lowest BCUT2D eigenvalue weighted by molar-refractivity contribution is 0.672. The van der Waals surface area contributed by atoms with Crippen molar-refractivity contribution in [3.63, 3.8) is 0 Å². The summed E-state index contributed by atoms with van der Waals surface area (Å²) in [6.45, 7) is 0. The van der Waals surface area contributed by atoms with Crippen LogP contribution in [0.3, 0.4) is 0 Å². The molecule has 0 aromatic heterocycles. The van der Waals surface area contributed by atoms with Crippen LogP contribution in [0.1, 0.15) is 72.2 Å². The second-order valence-electron chi connectivity index (χ2n) is 15.8. The molecule has 1 N–H and O–H groups in total. The van der Waals surface area contributed by atoms with Crippen LogP contribution < -0.4 is 20.7 Å². The molecular weight excluding hydrogens is 665 g/mol. The Kier molecular flexibility index (Phi) is 7.83. The summed E-state index contributed by atoms with van der Waals surface area (Å²) in [7, 11) is 0. The van der Waals surface area contributed by atoms with E-state index >= 15 is 0 Å². The second kappa shape index (κ2) is 13.3. The van der Waals surface area contributed by atoms with Crippen LogP contribution in [0.5, 0.6) is 0 Å². The van der Waals surface area contributed by atoms with Crippen molar-refractivity contribution in [2.75, 3.05) is 4.90 Å².